The van der Waals surface area contributed by atoms with Crippen LogP contribution >= 0.6 is 0 Å². The van der Waals surface area contributed by atoms with Crippen LogP contribution < -0.4 is 9.50 Å². The summed E-state index contributed by atoms with van der Waals surface area (Å²) in [4.78, 5) is 14.1. The van der Waals surface area contributed by atoms with Gasteiger partial charge in [0.2, 0.25) is 0 Å². The Morgan fingerprint density at radius 3 is 2.32 bits per heavy atom. The van der Waals surface area contributed by atoms with Crippen LogP contribution in [0.1, 0.15) is 17.5 Å². The van der Waals surface area contributed by atoms with E-state index in [0.29, 0.717) is 18.6 Å². The van der Waals surface area contributed by atoms with Crippen molar-refractivity contribution in [3.05, 3.63) is 59.7 Å². The number of urea groups is 1. The summed E-state index contributed by atoms with van der Waals surface area (Å²) in [5.41, 5.74) is -0.645. The van der Waals surface area contributed by atoms with Crippen molar-refractivity contribution in [1.82, 2.24) is 4.90 Å². The smallest absolute Gasteiger partial charge is 0.385 e. The minimum Gasteiger partial charge on any atom is -0.385 e. The summed E-state index contributed by atoms with van der Waals surface area (Å²) in [5.74, 6) is 0.112. The summed E-state index contributed by atoms with van der Waals surface area (Å²) in [6.45, 7) is 0.683. The van der Waals surface area contributed by atoms with Gasteiger partial charge >= 0.3 is 22.3 Å². The van der Waals surface area contributed by atoms with Gasteiger partial charge in [-0.3, -0.25) is 0 Å². The molecule has 0 spiro atoms. The normalized spacial score (nSPS) is 11.8. The van der Waals surface area contributed by atoms with Crippen LogP contribution in [0.4, 0.5) is 23.7 Å². The van der Waals surface area contributed by atoms with Crippen LogP contribution in [0, 0.1) is 0 Å². The highest BCUT2D eigenvalue weighted by atomic mass is 32.2. The molecular weight excluding hydrogens is 437 g/mol. The lowest BCUT2D eigenvalue weighted by atomic mass is 10.1. The topological polar surface area (TPSA) is 84.9 Å². The Morgan fingerprint density at radius 1 is 1.10 bits per heavy atom. The van der Waals surface area contributed by atoms with Crippen molar-refractivity contribution in [1.29, 1.82) is 0 Å². The van der Waals surface area contributed by atoms with Gasteiger partial charge in [0.25, 0.3) is 0 Å². The number of nitrogens with one attached hydrogen (secondary N) is 1. The number of hydrogen-bond donors (Lipinski definition) is 1. The van der Waals surface area contributed by atoms with Crippen molar-refractivity contribution < 1.29 is 35.3 Å². The molecule has 0 aliphatic heterocycles. The molecule has 31 heavy (non-hydrogen) atoms. The molecule has 7 nitrogen and oxygen atoms in total. The number of alkyl halides is 3. The average molecular weight is 460 g/mol. The van der Waals surface area contributed by atoms with Gasteiger partial charge in [0, 0.05) is 26.8 Å². The zero-order valence-electron chi connectivity index (χ0n) is 17.0. The van der Waals surface area contributed by atoms with Gasteiger partial charge in [-0.1, -0.05) is 24.3 Å². The third-order valence-electron chi connectivity index (χ3n) is 4.08. The summed E-state index contributed by atoms with van der Waals surface area (Å²) in [7, 11) is -2.17. The quantitative estimate of drug-likeness (QED) is 0.450. The second kappa shape index (κ2) is 10.5. The maximum atomic E-state index is 13.2. The number of halogens is 3. The maximum absolute atomic E-state index is 13.2. The second-order valence-electron chi connectivity index (χ2n) is 6.67. The first kappa shape index (κ1) is 24.5. The number of rotatable bonds is 9. The number of nitrogens with zero attached hydrogens (tertiary/aromatic N) is 1. The van der Waals surface area contributed by atoms with Gasteiger partial charge in [-0.2, -0.15) is 21.6 Å². The number of para-hydroxylation sites is 1. The molecular formula is C20H23F3N2O5S. The van der Waals surface area contributed by atoms with Crippen molar-refractivity contribution in [3.8, 4) is 5.75 Å². The fourth-order valence-electron chi connectivity index (χ4n) is 2.73. The van der Waals surface area contributed by atoms with Crippen molar-refractivity contribution in [2.75, 3.05) is 31.8 Å². The molecule has 0 saturated carbocycles. The number of ether oxygens (including phenoxy) is 1. The molecule has 0 bridgehead atoms. The van der Waals surface area contributed by atoms with E-state index >= 15 is 0 Å². The van der Waals surface area contributed by atoms with Crippen LogP contribution in [0.3, 0.4) is 0 Å². The van der Waals surface area contributed by atoms with E-state index in [1.54, 1.807) is 12.1 Å². The van der Waals surface area contributed by atoms with E-state index in [9.17, 15) is 26.4 Å². The summed E-state index contributed by atoms with van der Waals surface area (Å²) >= 11 is 0. The van der Waals surface area contributed by atoms with Crippen LogP contribution in [-0.2, 0) is 27.6 Å². The molecule has 0 atom stereocenters. The SMILES string of the molecule is COCCCN(Cc1ccc(OS(C)(=O)=O)cc1)C(=O)Nc1ccccc1C(F)(F)F. The number of methoxy groups -OCH3 is 1. The molecule has 0 unspecified atom stereocenters. The Kier molecular flexibility index (Phi) is 8.28. The van der Waals surface area contributed by atoms with E-state index < -0.39 is 27.9 Å². The van der Waals surface area contributed by atoms with E-state index in [2.05, 4.69) is 5.32 Å². The first-order valence-electron chi connectivity index (χ1n) is 9.19. The van der Waals surface area contributed by atoms with Crippen LogP contribution in [0.2, 0.25) is 0 Å². The lowest BCUT2D eigenvalue weighted by Gasteiger charge is -2.24. The minimum atomic E-state index is -4.61. The highest BCUT2D eigenvalue weighted by molar-refractivity contribution is 7.86. The Balaban J connectivity index is 2.17. The first-order chi connectivity index (χ1) is 14.5. The number of carbonyl (C=O) groups is 1. The molecule has 2 aromatic rings. The zero-order chi connectivity index (χ0) is 23.1. The highest BCUT2D eigenvalue weighted by Gasteiger charge is 2.33. The average Bonchev–Trinajstić information content (AvgIpc) is 2.67. The summed E-state index contributed by atoms with van der Waals surface area (Å²) in [6, 6.07) is 10.0. The van der Waals surface area contributed by atoms with Crippen molar-refractivity contribution in [2.45, 2.75) is 19.1 Å². The molecule has 0 heterocycles. The number of benzene rings is 2. The fourth-order valence-corrected chi connectivity index (χ4v) is 3.19. The van der Waals surface area contributed by atoms with Crippen molar-refractivity contribution in [3.63, 3.8) is 0 Å². The van der Waals surface area contributed by atoms with Crippen LogP contribution in [0.5, 0.6) is 5.75 Å². The van der Waals surface area contributed by atoms with Crippen LogP contribution in [0.15, 0.2) is 48.5 Å². The standard InChI is InChI=1S/C20H23F3N2O5S/c1-29-13-5-12-25(14-15-8-10-16(11-9-15)30-31(2,27)28)19(26)24-18-7-4-3-6-17(18)20(21,22)23/h3-4,6-11H,5,12-14H2,1-2H3,(H,24,26). The molecule has 2 amide bonds. The molecule has 2 rings (SSSR count). The second-order valence-corrected chi connectivity index (χ2v) is 8.25. The molecule has 170 valence electrons. The number of amides is 2. The molecule has 0 aliphatic carbocycles. The maximum Gasteiger partial charge on any atom is 0.418 e. The summed E-state index contributed by atoms with van der Waals surface area (Å²) in [6.07, 6.45) is -3.22. The van der Waals surface area contributed by atoms with Crippen molar-refractivity contribution in [2.24, 2.45) is 0 Å². The lowest BCUT2D eigenvalue weighted by Crippen LogP contribution is -2.36. The zero-order valence-corrected chi connectivity index (χ0v) is 17.8. The van der Waals surface area contributed by atoms with E-state index in [0.717, 1.165) is 12.3 Å². The fraction of sp³-hybridized carbons (Fsp3) is 0.350. The molecule has 1 N–H and O–H groups in total. The summed E-state index contributed by atoms with van der Waals surface area (Å²) < 4.78 is 71.8. The molecule has 0 aromatic heterocycles. The molecule has 0 saturated heterocycles. The molecule has 0 aliphatic rings. The molecule has 2 aromatic carbocycles. The molecule has 11 heteroatoms. The van der Waals surface area contributed by atoms with Gasteiger partial charge in [0.15, 0.2) is 0 Å². The van der Waals surface area contributed by atoms with Crippen molar-refractivity contribution >= 4 is 21.8 Å². The van der Waals surface area contributed by atoms with E-state index in [1.165, 1.54) is 42.3 Å². The van der Waals surface area contributed by atoms with Gasteiger partial charge < -0.3 is 19.1 Å². The van der Waals surface area contributed by atoms with Crippen LogP contribution in [-0.4, -0.2) is 45.9 Å². The third-order valence-corrected chi connectivity index (χ3v) is 4.58. The van der Waals surface area contributed by atoms with Gasteiger partial charge in [-0.05, 0) is 36.2 Å². The van der Waals surface area contributed by atoms with Gasteiger partial charge in [0.1, 0.15) is 5.75 Å². The van der Waals surface area contributed by atoms with E-state index in [1.807, 2.05) is 0 Å². The first-order valence-corrected chi connectivity index (χ1v) is 11.0. The monoisotopic (exact) mass is 460 g/mol. The molecule has 0 fully saturated rings. The Hall–Kier alpha value is -2.79. The summed E-state index contributed by atoms with van der Waals surface area (Å²) in [5, 5.41) is 2.33. The Morgan fingerprint density at radius 2 is 1.74 bits per heavy atom. The number of anilines is 1. The minimum absolute atomic E-state index is 0.0862. The largest absolute Gasteiger partial charge is 0.418 e. The van der Waals surface area contributed by atoms with Crippen LogP contribution in [0.25, 0.3) is 0 Å². The van der Waals surface area contributed by atoms with Gasteiger partial charge in [-0.15, -0.1) is 0 Å². The lowest BCUT2D eigenvalue weighted by molar-refractivity contribution is -0.136. The van der Waals surface area contributed by atoms with E-state index in [4.69, 9.17) is 8.92 Å². The van der Waals surface area contributed by atoms with E-state index in [-0.39, 0.29) is 24.5 Å². The number of carbonyl (C=O) groups excluding carboxylic acids is 1. The predicted octanol–water partition coefficient (Wildman–Crippen LogP) is 4.11. The Bertz CT molecular complexity index is 979. The highest BCUT2D eigenvalue weighted by Crippen LogP contribution is 2.34. The Labute approximate surface area is 178 Å². The van der Waals surface area contributed by atoms with Gasteiger partial charge in [0.05, 0.1) is 17.5 Å². The number of hydrogen-bond acceptors (Lipinski definition) is 5. The molecule has 0 radical (unpaired) electrons. The third kappa shape index (κ3) is 8.10. The predicted molar refractivity (Wildman–Crippen MR) is 109 cm³/mol. The van der Waals surface area contributed by atoms with Gasteiger partial charge in [-0.25, -0.2) is 4.79 Å².